The maximum atomic E-state index is 6.44. The molecular formula is C35H48ClN. The van der Waals surface area contributed by atoms with Crippen LogP contribution in [0.2, 0.25) is 5.02 Å². The fourth-order valence-corrected chi connectivity index (χ4v) is 7.71. The van der Waals surface area contributed by atoms with Gasteiger partial charge in [-0.25, -0.2) is 0 Å². The minimum absolute atomic E-state index is 0.213. The van der Waals surface area contributed by atoms with Crippen molar-refractivity contribution in [3.63, 3.8) is 0 Å². The molecule has 2 aromatic rings. The van der Waals surface area contributed by atoms with Crippen LogP contribution >= 0.6 is 11.6 Å². The van der Waals surface area contributed by atoms with Crippen LogP contribution in [-0.4, -0.2) is 13.1 Å². The molecule has 0 aromatic heterocycles. The number of aryl methyl sites for hydroxylation is 1. The summed E-state index contributed by atoms with van der Waals surface area (Å²) in [5.74, 6) is 2.67. The summed E-state index contributed by atoms with van der Waals surface area (Å²) in [6.45, 7) is 13.5. The van der Waals surface area contributed by atoms with E-state index in [-0.39, 0.29) is 5.41 Å². The molecule has 4 unspecified atom stereocenters. The predicted molar refractivity (Wildman–Crippen MR) is 162 cm³/mol. The molecule has 37 heavy (non-hydrogen) atoms. The zero-order valence-corrected chi connectivity index (χ0v) is 24.4. The van der Waals surface area contributed by atoms with Crippen LogP contribution < -0.4 is 4.90 Å². The molecule has 0 amide bonds. The molecule has 1 saturated carbocycles. The van der Waals surface area contributed by atoms with E-state index in [1.807, 2.05) is 0 Å². The van der Waals surface area contributed by atoms with Gasteiger partial charge in [0.1, 0.15) is 0 Å². The summed E-state index contributed by atoms with van der Waals surface area (Å²) in [5, 5.41) is 0.886. The molecule has 0 N–H and O–H groups in total. The van der Waals surface area contributed by atoms with Gasteiger partial charge in [0.2, 0.25) is 0 Å². The molecule has 4 atom stereocenters. The first-order chi connectivity index (χ1) is 17.9. The number of fused-ring (bicyclic) bond motifs is 3. The van der Waals surface area contributed by atoms with Crippen molar-refractivity contribution in [2.45, 2.75) is 103 Å². The third kappa shape index (κ3) is 5.83. The minimum atomic E-state index is 0.213. The van der Waals surface area contributed by atoms with E-state index in [9.17, 15) is 0 Å². The summed E-state index contributed by atoms with van der Waals surface area (Å²) in [6, 6.07) is 13.9. The lowest BCUT2D eigenvalue weighted by Gasteiger charge is -2.50. The van der Waals surface area contributed by atoms with Crippen LogP contribution in [0.25, 0.3) is 5.57 Å². The van der Waals surface area contributed by atoms with E-state index in [0.717, 1.165) is 35.7 Å². The van der Waals surface area contributed by atoms with Crippen LogP contribution in [0, 0.1) is 17.8 Å². The Hall–Kier alpha value is -1.73. The Morgan fingerprint density at radius 1 is 1.08 bits per heavy atom. The maximum absolute atomic E-state index is 6.44. The quantitative estimate of drug-likeness (QED) is 0.283. The monoisotopic (exact) mass is 517 g/mol. The average Bonchev–Trinajstić information content (AvgIpc) is 2.87. The second-order valence-corrected chi connectivity index (χ2v) is 13.3. The van der Waals surface area contributed by atoms with Gasteiger partial charge in [-0.05, 0) is 104 Å². The first-order valence-corrected chi connectivity index (χ1v) is 15.6. The Labute approximate surface area is 231 Å². The topological polar surface area (TPSA) is 3.24 Å². The molecule has 0 saturated heterocycles. The van der Waals surface area contributed by atoms with Gasteiger partial charge in [0, 0.05) is 29.2 Å². The smallest absolute Gasteiger partial charge is 0.0408 e. The predicted octanol–water partition coefficient (Wildman–Crippen LogP) is 10.0. The highest BCUT2D eigenvalue weighted by molar-refractivity contribution is 6.30. The number of anilines is 1. The van der Waals surface area contributed by atoms with Crippen molar-refractivity contribution in [3.05, 3.63) is 70.3 Å². The number of nitrogens with zero attached hydrogens (tertiary/aromatic N) is 1. The van der Waals surface area contributed by atoms with Crippen LogP contribution in [0.5, 0.6) is 0 Å². The number of halogens is 1. The van der Waals surface area contributed by atoms with Crippen LogP contribution in [0.1, 0.15) is 107 Å². The SMILES string of the molecule is C=C(C)c1ccc2c(c1)N(CC1CCC1CCCCCC(C)CC)CC1(CCCc3cc(Cl)ccc31)C2. The number of benzene rings is 2. The number of allylic oxidation sites excluding steroid dienone is 1. The van der Waals surface area contributed by atoms with Gasteiger partial charge >= 0.3 is 0 Å². The molecule has 0 bridgehead atoms. The van der Waals surface area contributed by atoms with Crippen molar-refractivity contribution in [1.29, 1.82) is 0 Å². The third-order valence-corrected chi connectivity index (χ3v) is 10.4. The fourth-order valence-electron chi connectivity index (χ4n) is 7.52. The van der Waals surface area contributed by atoms with Crippen molar-refractivity contribution in [2.24, 2.45) is 17.8 Å². The van der Waals surface area contributed by atoms with Crippen molar-refractivity contribution in [3.8, 4) is 0 Å². The zero-order valence-electron chi connectivity index (χ0n) is 23.6. The Morgan fingerprint density at radius 2 is 1.92 bits per heavy atom. The van der Waals surface area contributed by atoms with Gasteiger partial charge in [-0.1, -0.05) is 94.3 Å². The summed E-state index contributed by atoms with van der Waals surface area (Å²) >= 11 is 6.44. The van der Waals surface area contributed by atoms with E-state index in [1.54, 1.807) is 5.56 Å². The first-order valence-electron chi connectivity index (χ1n) is 15.2. The molecular weight excluding hydrogens is 470 g/mol. The van der Waals surface area contributed by atoms with Gasteiger partial charge in [-0.15, -0.1) is 0 Å². The summed E-state index contributed by atoms with van der Waals surface area (Å²) in [5.41, 5.74) is 8.73. The number of hydrogen-bond acceptors (Lipinski definition) is 1. The van der Waals surface area contributed by atoms with E-state index < -0.39 is 0 Å². The summed E-state index contributed by atoms with van der Waals surface area (Å²) in [6.07, 6.45) is 16.1. The number of rotatable bonds is 10. The van der Waals surface area contributed by atoms with E-state index in [0.29, 0.717) is 0 Å². The molecule has 1 fully saturated rings. The molecule has 1 aliphatic heterocycles. The molecule has 200 valence electrons. The minimum Gasteiger partial charge on any atom is -0.370 e. The van der Waals surface area contributed by atoms with Gasteiger partial charge < -0.3 is 4.90 Å². The van der Waals surface area contributed by atoms with Crippen molar-refractivity contribution < 1.29 is 0 Å². The summed E-state index contributed by atoms with van der Waals surface area (Å²) < 4.78 is 0. The van der Waals surface area contributed by atoms with Crippen LogP contribution in [0.15, 0.2) is 43.0 Å². The molecule has 1 heterocycles. The molecule has 2 aromatic carbocycles. The Bertz CT molecular complexity index is 1100. The van der Waals surface area contributed by atoms with Crippen LogP contribution in [-0.2, 0) is 18.3 Å². The molecule has 5 rings (SSSR count). The Balaban J connectivity index is 1.34. The van der Waals surface area contributed by atoms with Crippen LogP contribution in [0.3, 0.4) is 0 Å². The fraction of sp³-hybridized carbons (Fsp3) is 0.600. The van der Waals surface area contributed by atoms with Crippen molar-refractivity contribution in [2.75, 3.05) is 18.0 Å². The second kappa shape index (κ2) is 11.6. The van der Waals surface area contributed by atoms with Gasteiger partial charge in [-0.3, -0.25) is 0 Å². The molecule has 1 nitrogen and oxygen atoms in total. The van der Waals surface area contributed by atoms with Crippen LogP contribution in [0.4, 0.5) is 5.69 Å². The lowest BCUT2D eigenvalue weighted by atomic mass is 9.64. The lowest BCUT2D eigenvalue weighted by molar-refractivity contribution is 0.160. The standard InChI is InChI=1S/C35H48ClN/c1-5-26(4)10-7-6-8-11-27-13-16-31(27)23-37-24-35(19-9-12-29-20-32(36)17-18-33(29)35)22-30-15-14-28(25(2)3)21-34(30)37/h14-15,17-18,20-21,26-27,31H,2,5-13,16,19,22-24H2,1,3-4H3. The van der Waals surface area contributed by atoms with E-state index >= 15 is 0 Å². The van der Waals surface area contributed by atoms with E-state index in [1.165, 1.54) is 105 Å². The van der Waals surface area contributed by atoms with Gasteiger partial charge in [-0.2, -0.15) is 0 Å². The average molecular weight is 518 g/mol. The molecule has 1 spiro atoms. The van der Waals surface area contributed by atoms with Crippen molar-refractivity contribution in [1.82, 2.24) is 0 Å². The summed E-state index contributed by atoms with van der Waals surface area (Å²) in [7, 11) is 0. The van der Waals surface area contributed by atoms with Gasteiger partial charge in [0.15, 0.2) is 0 Å². The van der Waals surface area contributed by atoms with Gasteiger partial charge in [0.25, 0.3) is 0 Å². The second-order valence-electron chi connectivity index (χ2n) is 12.9. The Morgan fingerprint density at radius 3 is 2.68 bits per heavy atom. The normalized spacial score (nSPS) is 25.4. The molecule has 2 heteroatoms. The largest absolute Gasteiger partial charge is 0.370 e. The highest BCUT2D eigenvalue weighted by atomic mass is 35.5. The highest BCUT2D eigenvalue weighted by Gasteiger charge is 2.43. The van der Waals surface area contributed by atoms with Gasteiger partial charge in [0.05, 0.1) is 0 Å². The maximum Gasteiger partial charge on any atom is 0.0408 e. The van der Waals surface area contributed by atoms with E-state index in [4.69, 9.17) is 11.6 Å². The first kappa shape index (κ1) is 26.9. The van der Waals surface area contributed by atoms with E-state index in [2.05, 4.69) is 68.6 Å². The zero-order chi connectivity index (χ0) is 26.0. The molecule has 2 aliphatic carbocycles. The summed E-state index contributed by atoms with van der Waals surface area (Å²) in [4.78, 5) is 2.80. The molecule has 3 aliphatic rings. The number of unbranched alkanes of at least 4 members (excludes halogenated alkanes) is 2. The Kier molecular flexibility index (Phi) is 8.40. The van der Waals surface area contributed by atoms with Crippen molar-refractivity contribution >= 4 is 22.9 Å². The molecule has 0 radical (unpaired) electrons. The lowest BCUT2D eigenvalue weighted by Crippen LogP contribution is -2.51. The number of hydrogen-bond donors (Lipinski definition) is 0. The highest BCUT2D eigenvalue weighted by Crippen LogP contribution is 2.48. The third-order valence-electron chi connectivity index (χ3n) is 10.2.